The van der Waals surface area contributed by atoms with Gasteiger partial charge in [0.05, 0.1) is 17.9 Å². The number of hydrogen-bond acceptors (Lipinski definition) is 2. The summed E-state index contributed by atoms with van der Waals surface area (Å²) in [5.41, 5.74) is 1.63. The summed E-state index contributed by atoms with van der Waals surface area (Å²) in [7, 11) is 0. The second-order valence-electron chi connectivity index (χ2n) is 4.81. The smallest absolute Gasteiger partial charge is 0.261 e. The summed E-state index contributed by atoms with van der Waals surface area (Å²) in [5.74, 6) is 0. The first kappa shape index (κ1) is 11.9. The van der Waals surface area contributed by atoms with Crippen LogP contribution >= 0.6 is 0 Å². The normalized spacial score (nSPS) is 18.4. The van der Waals surface area contributed by atoms with Crippen molar-refractivity contribution in [2.75, 3.05) is 0 Å². The molecule has 0 N–H and O–H groups in total. The highest BCUT2D eigenvalue weighted by atomic mass is 16.1. The van der Waals surface area contributed by atoms with Crippen molar-refractivity contribution in [1.82, 2.24) is 9.55 Å². The van der Waals surface area contributed by atoms with E-state index in [1.165, 1.54) is 0 Å². The molecule has 19 heavy (non-hydrogen) atoms. The highest BCUT2D eigenvalue weighted by Gasteiger charge is 2.14. The fourth-order valence-electron chi connectivity index (χ4n) is 2.50. The van der Waals surface area contributed by atoms with E-state index in [2.05, 4.69) is 17.1 Å². The first-order valence-corrected chi connectivity index (χ1v) is 6.64. The number of aromatic nitrogens is 2. The van der Waals surface area contributed by atoms with Crippen molar-refractivity contribution in [2.24, 2.45) is 0 Å². The molecule has 1 unspecified atom stereocenters. The Morgan fingerprint density at radius 1 is 1.21 bits per heavy atom. The summed E-state index contributed by atoms with van der Waals surface area (Å²) in [6.07, 6.45) is 10.8. The third-order valence-corrected chi connectivity index (χ3v) is 3.53. The number of benzene rings is 1. The Morgan fingerprint density at radius 2 is 2.05 bits per heavy atom. The van der Waals surface area contributed by atoms with Gasteiger partial charge in [0.2, 0.25) is 0 Å². The van der Waals surface area contributed by atoms with E-state index in [9.17, 15) is 4.79 Å². The summed E-state index contributed by atoms with van der Waals surface area (Å²) < 4.78 is 1.75. The fourth-order valence-corrected chi connectivity index (χ4v) is 2.50. The van der Waals surface area contributed by atoms with Gasteiger partial charge in [0.15, 0.2) is 0 Å². The van der Waals surface area contributed by atoms with Crippen LogP contribution in [0.15, 0.2) is 59.8 Å². The molecule has 0 radical (unpaired) electrons. The number of allylic oxidation sites excluding steroid dienone is 2. The molecular weight excluding hydrogens is 236 g/mol. The molecule has 1 aliphatic rings. The quantitative estimate of drug-likeness (QED) is 0.769. The average molecular weight is 252 g/mol. The van der Waals surface area contributed by atoms with Crippen LogP contribution in [0.25, 0.3) is 11.1 Å². The molecular formula is C16H16N2O. The van der Waals surface area contributed by atoms with E-state index < -0.39 is 0 Å². The molecule has 3 rings (SSSR count). The lowest BCUT2D eigenvalue weighted by Gasteiger charge is -2.19. The molecule has 0 spiro atoms. The van der Waals surface area contributed by atoms with Gasteiger partial charge in [0.25, 0.3) is 5.56 Å². The maximum Gasteiger partial charge on any atom is 0.261 e. The van der Waals surface area contributed by atoms with Crippen molar-refractivity contribution in [3.63, 3.8) is 0 Å². The maximum atomic E-state index is 12.6. The fraction of sp³-hybridized carbons (Fsp3) is 0.250. The Balaban J connectivity index is 2.07. The number of hydrogen-bond donors (Lipinski definition) is 0. The Labute approximate surface area is 112 Å². The first-order valence-electron chi connectivity index (χ1n) is 6.64. The summed E-state index contributed by atoms with van der Waals surface area (Å²) in [4.78, 5) is 16.8. The second-order valence-corrected chi connectivity index (χ2v) is 4.81. The first-order chi connectivity index (χ1) is 9.36. The third-order valence-electron chi connectivity index (χ3n) is 3.53. The van der Waals surface area contributed by atoms with Crippen LogP contribution in [0, 0.1) is 0 Å². The minimum Gasteiger partial charge on any atom is -0.292 e. The molecule has 0 amide bonds. The third kappa shape index (κ3) is 2.36. The molecule has 1 aromatic heterocycles. The van der Waals surface area contributed by atoms with Gasteiger partial charge in [-0.2, -0.15) is 0 Å². The highest BCUT2D eigenvalue weighted by molar-refractivity contribution is 5.60. The second kappa shape index (κ2) is 5.22. The zero-order chi connectivity index (χ0) is 13.1. The van der Waals surface area contributed by atoms with Gasteiger partial charge in [-0.15, -0.1) is 0 Å². The van der Waals surface area contributed by atoms with E-state index >= 15 is 0 Å². The van der Waals surface area contributed by atoms with Crippen LogP contribution in [-0.2, 0) is 0 Å². The van der Waals surface area contributed by atoms with Crippen LogP contribution in [-0.4, -0.2) is 9.55 Å². The van der Waals surface area contributed by atoms with E-state index in [-0.39, 0.29) is 11.6 Å². The van der Waals surface area contributed by atoms with Crippen LogP contribution in [0.4, 0.5) is 0 Å². The van der Waals surface area contributed by atoms with Gasteiger partial charge in [-0.1, -0.05) is 42.5 Å². The molecule has 1 heterocycles. The van der Waals surface area contributed by atoms with Crippen LogP contribution in [0.2, 0.25) is 0 Å². The minimum atomic E-state index is 0.0396. The van der Waals surface area contributed by atoms with E-state index in [0.29, 0.717) is 5.56 Å². The molecule has 3 nitrogen and oxygen atoms in total. The van der Waals surface area contributed by atoms with Gasteiger partial charge >= 0.3 is 0 Å². The van der Waals surface area contributed by atoms with Crippen molar-refractivity contribution < 1.29 is 0 Å². The van der Waals surface area contributed by atoms with E-state index in [1.807, 2.05) is 30.3 Å². The van der Waals surface area contributed by atoms with Crippen molar-refractivity contribution in [1.29, 1.82) is 0 Å². The number of rotatable bonds is 2. The molecule has 0 bridgehead atoms. The van der Waals surface area contributed by atoms with Gasteiger partial charge < -0.3 is 0 Å². The molecule has 1 aromatic carbocycles. The lowest BCUT2D eigenvalue weighted by atomic mass is 10.0. The Kier molecular flexibility index (Phi) is 3.27. The molecule has 0 aliphatic heterocycles. The average Bonchev–Trinajstić information content (AvgIpc) is 2.49. The summed E-state index contributed by atoms with van der Waals surface area (Å²) in [5, 5.41) is 0. The standard InChI is InChI=1S/C16H16N2O/c19-16-15(13-7-3-1-4-8-13)11-17-12-18(16)14-9-5-2-6-10-14/h1,3-5,7-9,11-12,14H,2,6,10H2. The van der Waals surface area contributed by atoms with Gasteiger partial charge in [0, 0.05) is 6.20 Å². The van der Waals surface area contributed by atoms with Gasteiger partial charge in [0.1, 0.15) is 0 Å². The van der Waals surface area contributed by atoms with Crippen LogP contribution in [0.3, 0.4) is 0 Å². The van der Waals surface area contributed by atoms with E-state index in [0.717, 1.165) is 24.8 Å². The molecule has 0 fully saturated rings. The van der Waals surface area contributed by atoms with Crippen molar-refractivity contribution in [3.05, 3.63) is 65.4 Å². The van der Waals surface area contributed by atoms with Crippen LogP contribution < -0.4 is 5.56 Å². The summed E-state index contributed by atoms with van der Waals surface area (Å²) in [6, 6.07) is 9.86. The Hall–Kier alpha value is -2.16. The van der Waals surface area contributed by atoms with Gasteiger partial charge in [-0.25, -0.2) is 4.98 Å². The molecule has 96 valence electrons. The Bertz CT molecular complexity index is 643. The molecule has 1 aliphatic carbocycles. The lowest BCUT2D eigenvalue weighted by Crippen LogP contribution is -2.26. The van der Waals surface area contributed by atoms with Crippen LogP contribution in [0.5, 0.6) is 0 Å². The largest absolute Gasteiger partial charge is 0.292 e. The summed E-state index contributed by atoms with van der Waals surface area (Å²) >= 11 is 0. The monoisotopic (exact) mass is 252 g/mol. The molecule has 0 saturated heterocycles. The molecule has 1 atom stereocenters. The minimum absolute atomic E-state index is 0.0396. The van der Waals surface area contributed by atoms with E-state index in [4.69, 9.17) is 0 Å². The lowest BCUT2D eigenvalue weighted by molar-refractivity contribution is 0.499. The van der Waals surface area contributed by atoms with E-state index in [1.54, 1.807) is 17.1 Å². The zero-order valence-electron chi connectivity index (χ0n) is 10.7. The predicted octanol–water partition coefficient (Wildman–Crippen LogP) is 3.19. The van der Waals surface area contributed by atoms with Crippen molar-refractivity contribution >= 4 is 0 Å². The summed E-state index contributed by atoms with van der Waals surface area (Å²) in [6.45, 7) is 0. The zero-order valence-corrected chi connectivity index (χ0v) is 10.7. The van der Waals surface area contributed by atoms with Crippen molar-refractivity contribution in [3.8, 4) is 11.1 Å². The SMILES string of the molecule is O=c1c(-c2ccccc2)cncn1C1C=CCCC1. The van der Waals surface area contributed by atoms with Crippen molar-refractivity contribution in [2.45, 2.75) is 25.3 Å². The van der Waals surface area contributed by atoms with Crippen LogP contribution in [0.1, 0.15) is 25.3 Å². The number of nitrogens with zero attached hydrogens (tertiary/aromatic N) is 2. The molecule has 0 saturated carbocycles. The maximum absolute atomic E-state index is 12.6. The van der Waals surface area contributed by atoms with Gasteiger partial charge in [-0.3, -0.25) is 9.36 Å². The molecule has 3 heteroatoms. The molecule has 2 aromatic rings. The van der Waals surface area contributed by atoms with Gasteiger partial charge in [-0.05, 0) is 24.8 Å². The topological polar surface area (TPSA) is 34.9 Å². The predicted molar refractivity (Wildman–Crippen MR) is 76.0 cm³/mol. The highest BCUT2D eigenvalue weighted by Crippen LogP contribution is 2.21. The Morgan fingerprint density at radius 3 is 2.79 bits per heavy atom.